The molecule has 2 amide bonds. The second kappa shape index (κ2) is 10.7. The quantitative estimate of drug-likeness (QED) is 0.597. The summed E-state index contributed by atoms with van der Waals surface area (Å²) in [7, 11) is 0. The van der Waals surface area contributed by atoms with Crippen molar-refractivity contribution in [1.29, 1.82) is 0 Å². The van der Waals surface area contributed by atoms with E-state index in [9.17, 15) is 9.59 Å². The fourth-order valence-corrected chi connectivity index (χ4v) is 5.02. The van der Waals surface area contributed by atoms with E-state index < -0.39 is 6.04 Å². The molecular weight excluding hydrogens is 407 g/mol. The normalized spacial score (nSPS) is 24.0. The van der Waals surface area contributed by atoms with Gasteiger partial charge in [-0.3, -0.25) is 9.59 Å². The third kappa shape index (κ3) is 5.88. The van der Waals surface area contributed by atoms with E-state index >= 15 is 0 Å². The average Bonchev–Trinajstić information content (AvgIpc) is 2.74. The number of hydrogen-bond donors (Lipinski definition) is 1. The van der Waals surface area contributed by atoms with Crippen LogP contribution in [0.25, 0.3) is 0 Å². The highest BCUT2D eigenvalue weighted by Crippen LogP contribution is 2.34. The van der Waals surface area contributed by atoms with Gasteiger partial charge in [-0.05, 0) is 62.1 Å². The van der Waals surface area contributed by atoms with Gasteiger partial charge in [0.1, 0.15) is 11.9 Å². The standard InChI is InChI=1S/C23H32Cl2N2O2/c1-16-7-13-20(14-8-16)27(21(28)15-24)22(17-9-11-18(25)12-10-17)23(29)26-19-5-3-2-4-6-19/h9-12,16,19-20,22H,2-8,13-15H2,1H3,(H,26,29). The van der Waals surface area contributed by atoms with Crippen LogP contribution >= 0.6 is 23.2 Å². The lowest BCUT2D eigenvalue weighted by Crippen LogP contribution is -2.51. The van der Waals surface area contributed by atoms with Gasteiger partial charge in [0.15, 0.2) is 0 Å². The number of alkyl halides is 1. The van der Waals surface area contributed by atoms with Crippen LogP contribution in [0.5, 0.6) is 0 Å². The number of carbonyl (C=O) groups is 2. The highest BCUT2D eigenvalue weighted by molar-refractivity contribution is 6.30. The molecule has 29 heavy (non-hydrogen) atoms. The van der Waals surface area contributed by atoms with Gasteiger partial charge in [0, 0.05) is 17.1 Å². The Labute approximate surface area is 184 Å². The SMILES string of the molecule is CC1CCC(N(C(=O)CCl)C(C(=O)NC2CCCCC2)c2ccc(Cl)cc2)CC1. The van der Waals surface area contributed by atoms with E-state index in [4.69, 9.17) is 23.2 Å². The molecule has 2 aliphatic carbocycles. The maximum atomic E-state index is 13.5. The lowest BCUT2D eigenvalue weighted by molar-refractivity contribution is -0.143. The summed E-state index contributed by atoms with van der Waals surface area (Å²) in [5.74, 6) is 0.262. The molecule has 0 aromatic heterocycles. The number of carbonyl (C=O) groups excluding carboxylic acids is 2. The van der Waals surface area contributed by atoms with E-state index in [1.165, 1.54) is 6.42 Å². The first-order valence-electron chi connectivity index (χ1n) is 10.9. The Morgan fingerprint density at radius 2 is 1.66 bits per heavy atom. The molecule has 0 spiro atoms. The number of halogens is 2. The third-order valence-corrected chi connectivity index (χ3v) is 6.93. The molecule has 0 saturated heterocycles. The summed E-state index contributed by atoms with van der Waals surface area (Å²) in [5.41, 5.74) is 0.791. The number of nitrogens with one attached hydrogen (secondary N) is 1. The maximum Gasteiger partial charge on any atom is 0.247 e. The summed E-state index contributed by atoms with van der Waals surface area (Å²) in [4.78, 5) is 28.2. The Kier molecular flexibility index (Phi) is 8.25. The van der Waals surface area contributed by atoms with E-state index in [0.717, 1.165) is 56.9 Å². The summed E-state index contributed by atoms with van der Waals surface area (Å²) in [5, 5.41) is 3.84. The molecule has 2 saturated carbocycles. The molecule has 160 valence electrons. The zero-order chi connectivity index (χ0) is 20.8. The van der Waals surface area contributed by atoms with Crippen LogP contribution in [0.3, 0.4) is 0 Å². The Morgan fingerprint density at radius 1 is 1.03 bits per heavy atom. The topological polar surface area (TPSA) is 49.4 Å². The molecule has 1 atom stereocenters. The molecule has 1 N–H and O–H groups in total. The molecule has 1 aromatic rings. The first kappa shape index (κ1) is 22.4. The molecule has 0 radical (unpaired) electrons. The van der Waals surface area contributed by atoms with Gasteiger partial charge >= 0.3 is 0 Å². The van der Waals surface area contributed by atoms with Crippen LogP contribution < -0.4 is 5.32 Å². The molecule has 3 rings (SSSR count). The van der Waals surface area contributed by atoms with E-state index in [-0.39, 0.29) is 29.8 Å². The minimum absolute atomic E-state index is 0.0373. The first-order chi connectivity index (χ1) is 14.0. The molecular formula is C23H32Cl2N2O2. The van der Waals surface area contributed by atoms with Crippen LogP contribution in [-0.4, -0.2) is 34.7 Å². The van der Waals surface area contributed by atoms with Crippen molar-refractivity contribution < 1.29 is 9.59 Å². The molecule has 0 bridgehead atoms. The summed E-state index contributed by atoms with van der Waals surface area (Å²) >= 11 is 12.1. The van der Waals surface area contributed by atoms with E-state index in [2.05, 4.69) is 12.2 Å². The summed E-state index contributed by atoms with van der Waals surface area (Å²) in [6.45, 7) is 2.25. The lowest BCUT2D eigenvalue weighted by atomic mass is 9.85. The van der Waals surface area contributed by atoms with Crippen LogP contribution in [0.1, 0.15) is 76.3 Å². The van der Waals surface area contributed by atoms with Crippen molar-refractivity contribution in [2.75, 3.05) is 5.88 Å². The number of nitrogens with zero attached hydrogens (tertiary/aromatic N) is 1. The van der Waals surface area contributed by atoms with Gasteiger partial charge < -0.3 is 10.2 Å². The fraction of sp³-hybridized carbons (Fsp3) is 0.652. The van der Waals surface area contributed by atoms with Gasteiger partial charge in [0.2, 0.25) is 11.8 Å². The number of rotatable bonds is 6. The first-order valence-corrected chi connectivity index (χ1v) is 11.8. The van der Waals surface area contributed by atoms with Crippen LogP contribution in [0.15, 0.2) is 24.3 Å². The van der Waals surface area contributed by atoms with Gasteiger partial charge in [-0.15, -0.1) is 11.6 Å². The van der Waals surface area contributed by atoms with Crippen molar-refractivity contribution in [1.82, 2.24) is 10.2 Å². The van der Waals surface area contributed by atoms with Crippen LogP contribution in [0.4, 0.5) is 0 Å². The fourth-order valence-electron chi connectivity index (χ4n) is 4.76. The van der Waals surface area contributed by atoms with Crippen molar-refractivity contribution in [2.24, 2.45) is 5.92 Å². The number of benzene rings is 1. The van der Waals surface area contributed by atoms with E-state index in [1.54, 1.807) is 17.0 Å². The largest absolute Gasteiger partial charge is 0.351 e. The zero-order valence-corrected chi connectivity index (χ0v) is 18.7. The number of amides is 2. The van der Waals surface area contributed by atoms with Gasteiger partial charge in [0.25, 0.3) is 0 Å². The Balaban J connectivity index is 1.90. The molecule has 1 aromatic carbocycles. The van der Waals surface area contributed by atoms with Crippen LogP contribution in [0, 0.1) is 5.92 Å². The summed E-state index contributed by atoms with van der Waals surface area (Å²) in [6, 6.07) is 6.83. The number of hydrogen-bond acceptors (Lipinski definition) is 2. The van der Waals surface area contributed by atoms with Crippen LogP contribution in [-0.2, 0) is 9.59 Å². The zero-order valence-electron chi connectivity index (χ0n) is 17.2. The minimum atomic E-state index is -0.668. The Hall–Kier alpha value is -1.26. The lowest BCUT2D eigenvalue weighted by Gasteiger charge is -2.41. The molecule has 6 heteroatoms. The van der Waals surface area contributed by atoms with Gasteiger partial charge in [-0.1, -0.05) is 49.9 Å². The van der Waals surface area contributed by atoms with Gasteiger partial charge in [0.05, 0.1) is 0 Å². The van der Waals surface area contributed by atoms with Crippen LogP contribution in [0.2, 0.25) is 5.02 Å². The van der Waals surface area contributed by atoms with Crippen molar-refractivity contribution >= 4 is 35.0 Å². The maximum absolute atomic E-state index is 13.5. The second-order valence-electron chi connectivity index (χ2n) is 8.65. The summed E-state index contributed by atoms with van der Waals surface area (Å²) < 4.78 is 0. The Bertz CT molecular complexity index is 681. The highest BCUT2D eigenvalue weighted by atomic mass is 35.5. The summed E-state index contributed by atoms with van der Waals surface area (Å²) in [6.07, 6.45) is 9.46. The predicted molar refractivity (Wildman–Crippen MR) is 118 cm³/mol. The highest BCUT2D eigenvalue weighted by Gasteiger charge is 2.38. The minimum Gasteiger partial charge on any atom is -0.351 e. The van der Waals surface area contributed by atoms with E-state index in [1.807, 2.05) is 12.1 Å². The van der Waals surface area contributed by atoms with Gasteiger partial charge in [-0.25, -0.2) is 0 Å². The molecule has 2 aliphatic rings. The van der Waals surface area contributed by atoms with E-state index in [0.29, 0.717) is 10.9 Å². The van der Waals surface area contributed by atoms with Crippen molar-refractivity contribution in [3.63, 3.8) is 0 Å². The van der Waals surface area contributed by atoms with Crippen molar-refractivity contribution in [3.05, 3.63) is 34.9 Å². The molecule has 2 fully saturated rings. The monoisotopic (exact) mass is 438 g/mol. The van der Waals surface area contributed by atoms with Crippen molar-refractivity contribution in [3.8, 4) is 0 Å². The molecule has 0 heterocycles. The third-order valence-electron chi connectivity index (χ3n) is 6.44. The van der Waals surface area contributed by atoms with Gasteiger partial charge in [-0.2, -0.15) is 0 Å². The predicted octanol–water partition coefficient (Wildman–Crippen LogP) is 5.48. The molecule has 1 unspecified atom stereocenters. The smallest absolute Gasteiger partial charge is 0.247 e. The Morgan fingerprint density at radius 3 is 2.24 bits per heavy atom. The van der Waals surface area contributed by atoms with Crippen molar-refractivity contribution in [2.45, 2.75) is 82.8 Å². The average molecular weight is 439 g/mol. The second-order valence-corrected chi connectivity index (χ2v) is 9.35. The molecule has 4 nitrogen and oxygen atoms in total. The molecule has 0 aliphatic heterocycles.